The lowest BCUT2D eigenvalue weighted by atomic mass is 10.2. The van der Waals surface area contributed by atoms with E-state index in [1.54, 1.807) is 12.1 Å². The van der Waals surface area contributed by atoms with Crippen LogP contribution in [0.1, 0.15) is 16.7 Å². The molecule has 0 aliphatic carbocycles. The molecule has 0 aliphatic heterocycles. The molecule has 3 rings (SSSR count). The average Bonchev–Trinajstić information content (AvgIpc) is 2.69. The standard InChI is InChI=1S/C23H22BrClN2O2/c1-15-3-8-19(9-4-15)26-13-17-6-10-22(20(24)11-17)29-14-23(28)27-21-12-18(25)7-5-16(21)2/h3-12,26H,13-14H2,1-2H3,(H,27,28). The van der Waals surface area contributed by atoms with Crippen LogP contribution in [0, 0.1) is 13.8 Å². The summed E-state index contributed by atoms with van der Waals surface area (Å²) >= 11 is 9.51. The zero-order valence-corrected chi connectivity index (χ0v) is 18.6. The topological polar surface area (TPSA) is 50.4 Å². The minimum atomic E-state index is -0.243. The van der Waals surface area contributed by atoms with Crippen molar-refractivity contribution in [1.29, 1.82) is 0 Å². The molecule has 150 valence electrons. The second-order valence-corrected chi connectivity index (χ2v) is 8.07. The van der Waals surface area contributed by atoms with Crippen molar-refractivity contribution >= 4 is 44.8 Å². The number of rotatable bonds is 7. The summed E-state index contributed by atoms with van der Waals surface area (Å²) in [5.41, 5.74) is 5.02. The van der Waals surface area contributed by atoms with E-state index in [-0.39, 0.29) is 12.5 Å². The maximum absolute atomic E-state index is 12.2. The first-order valence-electron chi connectivity index (χ1n) is 9.18. The maximum atomic E-state index is 12.2. The van der Waals surface area contributed by atoms with Crippen molar-refractivity contribution < 1.29 is 9.53 Å². The molecule has 0 aromatic heterocycles. The number of amides is 1. The van der Waals surface area contributed by atoms with Crippen LogP contribution in [0.4, 0.5) is 11.4 Å². The van der Waals surface area contributed by atoms with Crippen molar-refractivity contribution in [1.82, 2.24) is 0 Å². The Balaban J connectivity index is 1.54. The Morgan fingerprint density at radius 2 is 1.79 bits per heavy atom. The second kappa shape index (κ2) is 9.81. The van der Waals surface area contributed by atoms with Gasteiger partial charge in [0.2, 0.25) is 0 Å². The summed E-state index contributed by atoms with van der Waals surface area (Å²) in [6.45, 7) is 4.57. The highest BCUT2D eigenvalue weighted by Gasteiger charge is 2.09. The fourth-order valence-corrected chi connectivity index (χ4v) is 3.42. The lowest BCUT2D eigenvalue weighted by molar-refractivity contribution is -0.118. The van der Waals surface area contributed by atoms with Crippen LogP contribution in [-0.4, -0.2) is 12.5 Å². The molecule has 0 saturated carbocycles. The van der Waals surface area contributed by atoms with E-state index >= 15 is 0 Å². The predicted molar refractivity (Wildman–Crippen MR) is 123 cm³/mol. The molecule has 2 N–H and O–H groups in total. The third-order valence-electron chi connectivity index (χ3n) is 4.38. The van der Waals surface area contributed by atoms with E-state index in [0.29, 0.717) is 23.0 Å². The largest absolute Gasteiger partial charge is 0.483 e. The van der Waals surface area contributed by atoms with E-state index < -0.39 is 0 Å². The summed E-state index contributed by atoms with van der Waals surface area (Å²) in [4.78, 5) is 12.2. The monoisotopic (exact) mass is 472 g/mol. The Hall–Kier alpha value is -2.50. The SMILES string of the molecule is Cc1ccc(NCc2ccc(OCC(=O)Nc3cc(Cl)ccc3C)c(Br)c2)cc1. The summed E-state index contributed by atoms with van der Waals surface area (Å²) in [6.07, 6.45) is 0. The lowest BCUT2D eigenvalue weighted by Gasteiger charge is -2.12. The van der Waals surface area contributed by atoms with Crippen LogP contribution in [-0.2, 0) is 11.3 Å². The second-order valence-electron chi connectivity index (χ2n) is 6.78. The van der Waals surface area contributed by atoms with Crippen molar-refractivity contribution in [3.05, 3.63) is 86.8 Å². The summed E-state index contributed by atoms with van der Waals surface area (Å²) < 4.78 is 6.46. The van der Waals surface area contributed by atoms with Crippen molar-refractivity contribution in [2.45, 2.75) is 20.4 Å². The Morgan fingerprint density at radius 1 is 1.03 bits per heavy atom. The Bertz CT molecular complexity index is 1010. The summed E-state index contributed by atoms with van der Waals surface area (Å²) in [5, 5.41) is 6.78. The molecule has 0 bridgehead atoms. The molecule has 0 saturated heterocycles. The number of hydrogen-bond acceptors (Lipinski definition) is 3. The minimum Gasteiger partial charge on any atom is -0.483 e. The molecule has 0 atom stereocenters. The number of aryl methyl sites for hydroxylation is 2. The lowest BCUT2D eigenvalue weighted by Crippen LogP contribution is -2.20. The number of hydrogen-bond donors (Lipinski definition) is 2. The molecule has 3 aromatic rings. The molecule has 0 fully saturated rings. The number of halogens is 2. The van der Waals surface area contributed by atoms with Crippen LogP contribution < -0.4 is 15.4 Å². The number of ether oxygens (including phenoxy) is 1. The Labute approximate surface area is 184 Å². The van der Waals surface area contributed by atoms with Crippen LogP contribution in [0.15, 0.2) is 65.1 Å². The molecule has 29 heavy (non-hydrogen) atoms. The number of benzene rings is 3. The van der Waals surface area contributed by atoms with Gasteiger partial charge in [0.15, 0.2) is 6.61 Å². The maximum Gasteiger partial charge on any atom is 0.262 e. The molecular formula is C23H22BrClN2O2. The smallest absolute Gasteiger partial charge is 0.262 e. The molecule has 0 spiro atoms. The molecule has 4 nitrogen and oxygen atoms in total. The highest BCUT2D eigenvalue weighted by molar-refractivity contribution is 9.10. The van der Waals surface area contributed by atoms with Crippen molar-refractivity contribution in [3.8, 4) is 5.75 Å². The van der Waals surface area contributed by atoms with Crippen LogP contribution >= 0.6 is 27.5 Å². The zero-order chi connectivity index (χ0) is 20.8. The van der Waals surface area contributed by atoms with Gasteiger partial charge in [0.05, 0.1) is 4.47 Å². The zero-order valence-electron chi connectivity index (χ0n) is 16.3. The molecular weight excluding hydrogens is 452 g/mol. The number of carbonyl (C=O) groups is 1. The van der Waals surface area contributed by atoms with Crippen LogP contribution in [0.3, 0.4) is 0 Å². The van der Waals surface area contributed by atoms with Crippen molar-refractivity contribution in [2.24, 2.45) is 0 Å². The predicted octanol–water partition coefficient (Wildman–Crippen LogP) is 6.35. The molecule has 0 radical (unpaired) electrons. The van der Waals surface area contributed by atoms with Gasteiger partial charge in [-0.05, 0) is 77.3 Å². The normalized spacial score (nSPS) is 10.5. The third-order valence-corrected chi connectivity index (χ3v) is 5.23. The van der Waals surface area contributed by atoms with Gasteiger partial charge in [-0.1, -0.05) is 41.4 Å². The van der Waals surface area contributed by atoms with E-state index in [4.69, 9.17) is 16.3 Å². The highest BCUT2D eigenvalue weighted by atomic mass is 79.9. The fraction of sp³-hybridized carbons (Fsp3) is 0.174. The van der Waals surface area contributed by atoms with Gasteiger partial charge in [-0.15, -0.1) is 0 Å². The number of nitrogens with one attached hydrogen (secondary N) is 2. The van der Waals surface area contributed by atoms with E-state index in [1.807, 2.05) is 31.2 Å². The summed E-state index contributed by atoms with van der Waals surface area (Å²) in [5.74, 6) is 0.370. The highest BCUT2D eigenvalue weighted by Crippen LogP contribution is 2.27. The third kappa shape index (κ3) is 6.24. The molecule has 1 amide bonds. The van der Waals surface area contributed by atoms with Gasteiger partial charge in [-0.25, -0.2) is 0 Å². The minimum absolute atomic E-state index is 0.0917. The fourth-order valence-electron chi connectivity index (χ4n) is 2.71. The molecule has 6 heteroatoms. The first-order valence-corrected chi connectivity index (χ1v) is 10.4. The van der Waals surface area contributed by atoms with Crippen LogP contribution in [0.25, 0.3) is 0 Å². The van der Waals surface area contributed by atoms with Crippen molar-refractivity contribution in [3.63, 3.8) is 0 Å². The number of carbonyl (C=O) groups excluding carboxylic acids is 1. The van der Waals surface area contributed by atoms with E-state index in [2.05, 4.69) is 57.8 Å². The number of anilines is 2. The van der Waals surface area contributed by atoms with Crippen molar-refractivity contribution in [2.75, 3.05) is 17.2 Å². The average molecular weight is 474 g/mol. The van der Waals surface area contributed by atoms with Gasteiger partial charge in [0.1, 0.15) is 5.75 Å². The summed E-state index contributed by atoms with van der Waals surface area (Å²) in [6, 6.07) is 19.4. The van der Waals surface area contributed by atoms with E-state index in [1.165, 1.54) is 5.56 Å². The van der Waals surface area contributed by atoms with Crippen LogP contribution in [0.5, 0.6) is 5.75 Å². The van der Waals surface area contributed by atoms with Gasteiger partial charge in [-0.2, -0.15) is 0 Å². The van der Waals surface area contributed by atoms with Gasteiger partial charge in [-0.3, -0.25) is 4.79 Å². The Morgan fingerprint density at radius 3 is 2.52 bits per heavy atom. The van der Waals surface area contributed by atoms with E-state index in [9.17, 15) is 4.79 Å². The van der Waals surface area contributed by atoms with E-state index in [0.717, 1.165) is 21.3 Å². The molecule has 0 heterocycles. The van der Waals surface area contributed by atoms with Crippen LogP contribution in [0.2, 0.25) is 5.02 Å². The molecule has 3 aromatic carbocycles. The van der Waals surface area contributed by atoms with Gasteiger partial charge in [0, 0.05) is 22.9 Å². The summed E-state index contributed by atoms with van der Waals surface area (Å²) in [7, 11) is 0. The Kier molecular flexibility index (Phi) is 7.18. The molecule has 0 aliphatic rings. The van der Waals surface area contributed by atoms with Gasteiger partial charge < -0.3 is 15.4 Å². The first kappa shape index (κ1) is 21.2. The van der Waals surface area contributed by atoms with Gasteiger partial charge in [0.25, 0.3) is 5.91 Å². The quantitative estimate of drug-likeness (QED) is 0.420. The molecule has 0 unspecified atom stereocenters. The van der Waals surface area contributed by atoms with Gasteiger partial charge >= 0.3 is 0 Å². The first-order chi connectivity index (χ1) is 13.9.